The quantitative estimate of drug-likeness (QED) is 0.480. The molecule has 0 spiro atoms. The molecule has 0 aromatic rings. The topological polar surface area (TPSA) is 52.6 Å². The first-order valence-corrected chi connectivity index (χ1v) is 11.8. The fourth-order valence-corrected chi connectivity index (χ4v) is 8.43. The average Bonchev–Trinajstić information content (AvgIpc) is 3.24. The fourth-order valence-electron chi connectivity index (χ4n) is 8.43. The third kappa shape index (κ3) is 2.99. The molecule has 5 aliphatic rings. The highest BCUT2D eigenvalue weighted by Crippen LogP contribution is 2.67. The van der Waals surface area contributed by atoms with Crippen LogP contribution in [0, 0.1) is 40.4 Å². The van der Waals surface area contributed by atoms with Gasteiger partial charge in [0.1, 0.15) is 6.10 Å². The lowest BCUT2D eigenvalue weighted by atomic mass is 9.45. The lowest BCUT2D eigenvalue weighted by Crippen LogP contribution is -2.52. The molecule has 0 unspecified atom stereocenters. The number of esters is 2. The maximum atomic E-state index is 11.7. The molecule has 3 saturated carbocycles. The van der Waals surface area contributed by atoms with Gasteiger partial charge < -0.3 is 9.47 Å². The molecule has 5 rings (SSSR count). The van der Waals surface area contributed by atoms with Gasteiger partial charge in [-0.3, -0.25) is 9.59 Å². The van der Waals surface area contributed by atoms with Crippen LogP contribution in [0.25, 0.3) is 0 Å². The van der Waals surface area contributed by atoms with E-state index in [1.807, 2.05) is 0 Å². The SMILES string of the molecule is CC(=O)O[C@@H]1CC[C@]2(C)[C@H](CC[C@@H]3C4=CC[C@H]([C@@H]5COC(=O)C5)[C@@]4(C)CC[C@H]32)C1. The van der Waals surface area contributed by atoms with E-state index in [9.17, 15) is 9.59 Å². The Labute approximate surface area is 174 Å². The Morgan fingerprint density at radius 1 is 1.14 bits per heavy atom. The fraction of sp³-hybridized carbons (Fsp3) is 0.840. The minimum Gasteiger partial charge on any atom is -0.465 e. The van der Waals surface area contributed by atoms with Crippen LogP contribution in [0.3, 0.4) is 0 Å². The normalized spacial score (nSPS) is 48.8. The van der Waals surface area contributed by atoms with Crippen LogP contribution in [0.1, 0.15) is 78.6 Å². The highest BCUT2D eigenvalue weighted by Gasteiger charge is 2.58. The maximum absolute atomic E-state index is 11.7. The predicted molar refractivity (Wildman–Crippen MR) is 110 cm³/mol. The van der Waals surface area contributed by atoms with Crippen LogP contribution in [-0.4, -0.2) is 24.6 Å². The third-order valence-electron chi connectivity index (χ3n) is 9.88. The van der Waals surface area contributed by atoms with Crippen LogP contribution in [0.2, 0.25) is 0 Å². The molecule has 4 heteroatoms. The van der Waals surface area contributed by atoms with Gasteiger partial charge in [-0.2, -0.15) is 0 Å². The summed E-state index contributed by atoms with van der Waals surface area (Å²) < 4.78 is 10.9. The van der Waals surface area contributed by atoms with E-state index < -0.39 is 0 Å². The number of carbonyl (C=O) groups excluding carboxylic acids is 2. The lowest BCUT2D eigenvalue weighted by Gasteiger charge is -2.60. The Kier molecular flexibility index (Phi) is 4.64. The number of hydrogen-bond donors (Lipinski definition) is 0. The van der Waals surface area contributed by atoms with Gasteiger partial charge in [0.2, 0.25) is 0 Å². The first kappa shape index (κ1) is 19.6. The Morgan fingerprint density at radius 2 is 1.97 bits per heavy atom. The van der Waals surface area contributed by atoms with Crippen molar-refractivity contribution in [2.75, 3.05) is 6.61 Å². The molecular formula is C25H36O4. The summed E-state index contributed by atoms with van der Waals surface area (Å²) in [7, 11) is 0. The number of ether oxygens (including phenoxy) is 2. The van der Waals surface area contributed by atoms with Crippen LogP contribution in [0.15, 0.2) is 11.6 Å². The largest absolute Gasteiger partial charge is 0.465 e. The monoisotopic (exact) mass is 400 g/mol. The molecule has 0 aromatic heterocycles. The highest BCUT2D eigenvalue weighted by molar-refractivity contribution is 5.71. The molecule has 1 heterocycles. The molecule has 0 amide bonds. The maximum Gasteiger partial charge on any atom is 0.306 e. The van der Waals surface area contributed by atoms with Crippen LogP contribution < -0.4 is 0 Å². The molecule has 4 nitrogen and oxygen atoms in total. The summed E-state index contributed by atoms with van der Waals surface area (Å²) in [5.74, 6) is 3.02. The van der Waals surface area contributed by atoms with E-state index in [0.717, 1.165) is 25.2 Å². The van der Waals surface area contributed by atoms with Crippen molar-refractivity contribution in [2.24, 2.45) is 40.4 Å². The molecule has 8 atom stereocenters. The van der Waals surface area contributed by atoms with E-state index in [1.54, 1.807) is 12.5 Å². The van der Waals surface area contributed by atoms with E-state index in [2.05, 4.69) is 19.9 Å². The third-order valence-corrected chi connectivity index (χ3v) is 9.88. The zero-order valence-electron chi connectivity index (χ0n) is 18.2. The second-order valence-corrected chi connectivity index (χ2v) is 11.1. The van der Waals surface area contributed by atoms with E-state index in [4.69, 9.17) is 9.47 Å². The Hall–Kier alpha value is -1.32. The summed E-state index contributed by atoms with van der Waals surface area (Å²) >= 11 is 0. The molecule has 0 aromatic carbocycles. The molecule has 1 saturated heterocycles. The first-order chi connectivity index (χ1) is 13.8. The Balaban J connectivity index is 1.34. The van der Waals surface area contributed by atoms with Gasteiger partial charge in [-0.25, -0.2) is 0 Å². The molecule has 4 fully saturated rings. The van der Waals surface area contributed by atoms with Gasteiger partial charge in [0.25, 0.3) is 0 Å². The highest BCUT2D eigenvalue weighted by atomic mass is 16.5. The number of carbonyl (C=O) groups is 2. The Bertz CT molecular complexity index is 741. The molecule has 4 aliphatic carbocycles. The minimum absolute atomic E-state index is 0.00158. The predicted octanol–water partition coefficient (Wildman–Crippen LogP) is 5.06. The van der Waals surface area contributed by atoms with Gasteiger partial charge in [-0.1, -0.05) is 25.5 Å². The van der Waals surface area contributed by atoms with Gasteiger partial charge in [0.05, 0.1) is 13.0 Å². The van der Waals surface area contributed by atoms with Crippen molar-refractivity contribution in [1.82, 2.24) is 0 Å². The molecule has 0 radical (unpaired) electrons. The van der Waals surface area contributed by atoms with Crippen LogP contribution >= 0.6 is 0 Å². The summed E-state index contributed by atoms with van der Waals surface area (Å²) in [6.07, 6.45) is 12.8. The van der Waals surface area contributed by atoms with Gasteiger partial charge >= 0.3 is 11.9 Å². The van der Waals surface area contributed by atoms with Crippen molar-refractivity contribution >= 4 is 11.9 Å². The number of fused-ring (bicyclic) bond motifs is 5. The summed E-state index contributed by atoms with van der Waals surface area (Å²) in [5.41, 5.74) is 2.37. The van der Waals surface area contributed by atoms with Crippen molar-refractivity contribution in [3.63, 3.8) is 0 Å². The number of cyclic esters (lactones) is 1. The number of allylic oxidation sites excluding steroid dienone is 2. The second kappa shape index (κ2) is 6.85. The van der Waals surface area contributed by atoms with Crippen molar-refractivity contribution in [2.45, 2.75) is 84.7 Å². The van der Waals surface area contributed by atoms with Crippen molar-refractivity contribution in [1.29, 1.82) is 0 Å². The van der Waals surface area contributed by atoms with Gasteiger partial charge in [0.15, 0.2) is 0 Å². The molecule has 0 N–H and O–H groups in total. The number of hydrogen-bond acceptors (Lipinski definition) is 4. The second-order valence-electron chi connectivity index (χ2n) is 11.1. The first-order valence-electron chi connectivity index (χ1n) is 11.8. The smallest absolute Gasteiger partial charge is 0.306 e. The van der Waals surface area contributed by atoms with E-state index >= 15 is 0 Å². The standard InChI is InChI=1S/C25H36O4/c1-15(26)29-18-8-10-24(2)17(13-18)4-5-19-21-7-6-20(16-12-23(27)28-14-16)25(21,3)11-9-22(19)24/h7,16-20,22H,4-6,8-14H2,1-3H3/t16-,17+,18+,19+,20+,22+,24+,25+/m0/s1. The van der Waals surface area contributed by atoms with Gasteiger partial charge in [0, 0.05) is 12.8 Å². The minimum atomic E-state index is -0.128. The van der Waals surface area contributed by atoms with Crippen LogP contribution in [0.4, 0.5) is 0 Å². The zero-order chi connectivity index (χ0) is 20.4. The van der Waals surface area contributed by atoms with E-state index in [0.29, 0.717) is 42.1 Å². The molecule has 1 aliphatic heterocycles. The summed E-state index contributed by atoms with van der Waals surface area (Å²) in [6.45, 7) is 7.20. The van der Waals surface area contributed by atoms with Crippen molar-refractivity contribution in [3.8, 4) is 0 Å². The van der Waals surface area contributed by atoms with E-state index in [1.165, 1.54) is 32.1 Å². The molecule has 160 valence electrons. The molecular weight excluding hydrogens is 364 g/mol. The Morgan fingerprint density at radius 3 is 2.69 bits per heavy atom. The lowest BCUT2D eigenvalue weighted by molar-refractivity contribution is -0.155. The van der Waals surface area contributed by atoms with Crippen LogP contribution in [0.5, 0.6) is 0 Å². The van der Waals surface area contributed by atoms with Crippen molar-refractivity contribution in [3.05, 3.63) is 11.6 Å². The van der Waals surface area contributed by atoms with Gasteiger partial charge in [-0.15, -0.1) is 0 Å². The summed E-state index contributed by atoms with van der Waals surface area (Å²) in [5, 5.41) is 0. The molecule has 29 heavy (non-hydrogen) atoms. The summed E-state index contributed by atoms with van der Waals surface area (Å²) in [6, 6.07) is 0. The average molecular weight is 401 g/mol. The number of rotatable bonds is 2. The van der Waals surface area contributed by atoms with Crippen LogP contribution in [-0.2, 0) is 19.1 Å². The van der Waals surface area contributed by atoms with Gasteiger partial charge in [-0.05, 0) is 85.9 Å². The van der Waals surface area contributed by atoms with Crippen molar-refractivity contribution < 1.29 is 19.1 Å². The summed E-state index contributed by atoms with van der Waals surface area (Å²) in [4.78, 5) is 23.2. The zero-order valence-corrected chi connectivity index (χ0v) is 18.2. The molecule has 0 bridgehead atoms. The van der Waals surface area contributed by atoms with E-state index in [-0.39, 0.29) is 23.5 Å².